The quantitative estimate of drug-likeness (QED) is 0.722. The van der Waals surface area contributed by atoms with Crippen LogP contribution >= 0.6 is 11.8 Å². The Hall–Kier alpha value is -2.26. The van der Waals surface area contributed by atoms with E-state index in [1.54, 1.807) is 4.40 Å². The lowest BCUT2D eigenvalue weighted by molar-refractivity contribution is 0.179. The van der Waals surface area contributed by atoms with Gasteiger partial charge in [0.2, 0.25) is 5.78 Å². The van der Waals surface area contributed by atoms with Gasteiger partial charge in [0, 0.05) is 24.5 Å². The van der Waals surface area contributed by atoms with Gasteiger partial charge in [0.1, 0.15) is 11.6 Å². The predicted octanol–water partition coefficient (Wildman–Crippen LogP) is 2.13. The van der Waals surface area contributed by atoms with E-state index in [4.69, 9.17) is 4.74 Å². The first-order chi connectivity index (χ1) is 11.1. The second-order valence-corrected chi connectivity index (χ2v) is 5.67. The van der Waals surface area contributed by atoms with Gasteiger partial charge in [0.05, 0.1) is 12.3 Å². The highest BCUT2D eigenvalue weighted by molar-refractivity contribution is 7.98. The number of aromatic amines is 1. The third-order valence-corrected chi connectivity index (χ3v) is 4.09. The minimum atomic E-state index is -0.502. The molecule has 9 heteroatoms. The number of fused-ring (bicyclic) bond motifs is 1. The van der Waals surface area contributed by atoms with Crippen molar-refractivity contribution >= 4 is 17.5 Å². The first-order valence-electron chi connectivity index (χ1n) is 6.61. The second-order valence-electron chi connectivity index (χ2n) is 4.72. The first-order valence-corrected chi connectivity index (χ1v) is 7.60. The molecule has 1 aromatic carbocycles. The molecule has 1 N–H and O–H groups in total. The van der Waals surface area contributed by atoms with Crippen LogP contribution in [0, 0.1) is 11.6 Å². The molecule has 0 fully saturated rings. The summed E-state index contributed by atoms with van der Waals surface area (Å²) in [5.74, 6) is -0.543. The Labute approximate surface area is 133 Å². The molecule has 6 nitrogen and oxygen atoms in total. The normalized spacial score (nSPS) is 11.3. The lowest BCUT2D eigenvalue weighted by Gasteiger charge is -2.06. The lowest BCUT2D eigenvalue weighted by atomic mass is 10.2. The highest BCUT2D eigenvalue weighted by atomic mass is 32.2. The van der Waals surface area contributed by atoms with E-state index in [1.807, 2.05) is 0 Å². The molecule has 0 aliphatic carbocycles. The van der Waals surface area contributed by atoms with Crippen LogP contribution in [0.4, 0.5) is 8.78 Å². The molecule has 0 aliphatic heterocycles. The molecular formula is C14H12F2N4O2S. The van der Waals surface area contributed by atoms with Crippen molar-refractivity contribution in [2.75, 3.05) is 7.11 Å². The monoisotopic (exact) mass is 338 g/mol. The molecule has 0 atom stereocenters. The molecule has 0 unspecified atom stereocenters. The molecule has 0 radical (unpaired) electrons. The van der Waals surface area contributed by atoms with Crippen molar-refractivity contribution in [2.24, 2.45) is 0 Å². The standard InChI is InChI=1S/C14H12F2N4O2S/c1-22-6-10-5-12(21)17-13-18-19-14(20(10)13)23-7-8-4-9(15)2-3-11(8)16/h2-5H,6-7H2,1H3,(H,17,18,21). The van der Waals surface area contributed by atoms with Crippen LogP contribution in [0.1, 0.15) is 11.3 Å². The zero-order chi connectivity index (χ0) is 16.4. The summed E-state index contributed by atoms with van der Waals surface area (Å²) >= 11 is 1.18. The SMILES string of the molecule is COCc1cc(=O)[nH]c2nnc(SCc3cc(F)ccc3F)n12. The highest BCUT2D eigenvalue weighted by Gasteiger charge is 2.13. The fourth-order valence-electron chi connectivity index (χ4n) is 2.12. The number of methoxy groups -OCH3 is 1. The van der Waals surface area contributed by atoms with Gasteiger partial charge in [-0.05, 0) is 18.2 Å². The molecule has 23 heavy (non-hydrogen) atoms. The second kappa shape index (κ2) is 6.47. The zero-order valence-electron chi connectivity index (χ0n) is 12.0. The maximum atomic E-state index is 13.7. The van der Waals surface area contributed by atoms with E-state index in [-0.39, 0.29) is 29.3 Å². The molecule has 2 heterocycles. The van der Waals surface area contributed by atoms with E-state index in [9.17, 15) is 13.6 Å². The van der Waals surface area contributed by atoms with Gasteiger partial charge in [-0.1, -0.05) is 11.8 Å². The van der Waals surface area contributed by atoms with Crippen LogP contribution in [0.3, 0.4) is 0 Å². The molecule has 3 aromatic rings. The average Bonchev–Trinajstić information content (AvgIpc) is 2.91. The summed E-state index contributed by atoms with van der Waals surface area (Å²) in [6.45, 7) is 0.195. The van der Waals surface area contributed by atoms with Crippen LogP contribution in [-0.2, 0) is 17.1 Å². The third kappa shape index (κ3) is 3.25. The van der Waals surface area contributed by atoms with Crippen molar-refractivity contribution in [3.05, 3.63) is 57.5 Å². The van der Waals surface area contributed by atoms with Gasteiger partial charge >= 0.3 is 0 Å². The lowest BCUT2D eigenvalue weighted by Crippen LogP contribution is -2.12. The maximum absolute atomic E-state index is 13.7. The minimum absolute atomic E-state index is 0.177. The molecule has 2 aromatic heterocycles. The van der Waals surface area contributed by atoms with Crippen molar-refractivity contribution < 1.29 is 13.5 Å². The van der Waals surface area contributed by atoms with E-state index < -0.39 is 11.6 Å². The Morgan fingerprint density at radius 2 is 2.13 bits per heavy atom. The van der Waals surface area contributed by atoms with Gasteiger partial charge in [-0.2, -0.15) is 0 Å². The van der Waals surface area contributed by atoms with E-state index in [1.165, 1.54) is 24.9 Å². The number of hydrogen-bond acceptors (Lipinski definition) is 5. The Bertz CT molecular complexity index is 909. The summed E-state index contributed by atoms with van der Waals surface area (Å²) in [4.78, 5) is 14.1. The Balaban J connectivity index is 1.94. The third-order valence-electron chi connectivity index (χ3n) is 3.11. The molecule has 3 rings (SSSR count). The number of thioether (sulfide) groups is 1. The summed E-state index contributed by atoms with van der Waals surface area (Å²) in [5, 5.41) is 8.32. The number of H-pyrrole nitrogens is 1. The number of rotatable bonds is 5. The maximum Gasteiger partial charge on any atom is 0.252 e. The fourth-order valence-corrected chi connectivity index (χ4v) is 3.05. The summed E-state index contributed by atoms with van der Waals surface area (Å²) < 4.78 is 33.6. The summed E-state index contributed by atoms with van der Waals surface area (Å²) in [6.07, 6.45) is 0. The van der Waals surface area contributed by atoms with Gasteiger partial charge in [-0.25, -0.2) is 8.78 Å². The van der Waals surface area contributed by atoms with Crippen LogP contribution in [0.25, 0.3) is 5.78 Å². The van der Waals surface area contributed by atoms with E-state index in [0.717, 1.165) is 18.2 Å². The van der Waals surface area contributed by atoms with Crippen LogP contribution in [0.15, 0.2) is 34.2 Å². The minimum Gasteiger partial charge on any atom is -0.378 e. The Kier molecular flexibility index (Phi) is 4.39. The fraction of sp³-hybridized carbons (Fsp3) is 0.214. The molecule has 0 aliphatic rings. The topological polar surface area (TPSA) is 72.3 Å². The van der Waals surface area contributed by atoms with Gasteiger partial charge in [0.15, 0.2) is 5.16 Å². The van der Waals surface area contributed by atoms with Crippen molar-refractivity contribution in [3.63, 3.8) is 0 Å². The van der Waals surface area contributed by atoms with Crippen LogP contribution < -0.4 is 5.56 Å². The zero-order valence-corrected chi connectivity index (χ0v) is 12.9. The summed E-state index contributed by atoms with van der Waals surface area (Å²) in [5.41, 5.74) is 0.479. The van der Waals surface area contributed by atoms with E-state index in [2.05, 4.69) is 15.2 Å². The van der Waals surface area contributed by atoms with Gasteiger partial charge in [-0.15, -0.1) is 10.2 Å². The molecule has 0 saturated carbocycles. The molecule has 0 spiro atoms. The van der Waals surface area contributed by atoms with Crippen LogP contribution in [0.2, 0.25) is 0 Å². The predicted molar refractivity (Wildman–Crippen MR) is 80.2 cm³/mol. The van der Waals surface area contributed by atoms with Gasteiger partial charge in [-0.3, -0.25) is 14.2 Å². The van der Waals surface area contributed by atoms with Crippen LogP contribution in [-0.4, -0.2) is 26.7 Å². The Morgan fingerprint density at radius 1 is 1.30 bits per heavy atom. The number of ether oxygens (including phenoxy) is 1. The van der Waals surface area contributed by atoms with Crippen molar-refractivity contribution in [1.29, 1.82) is 0 Å². The highest BCUT2D eigenvalue weighted by Crippen LogP contribution is 2.24. The smallest absolute Gasteiger partial charge is 0.252 e. The van der Waals surface area contributed by atoms with E-state index >= 15 is 0 Å². The molecule has 0 bridgehead atoms. The molecule has 0 saturated heterocycles. The number of aromatic nitrogens is 4. The number of hydrogen-bond donors (Lipinski definition) is 1. The number of benzene rings is 1. The van der Waals surface area contributed by atoms with Crippen LogP contribution in [0.5, 0.6) is 0 Å². The Morgan fingerprint density at radius 3 is 2.91 bits per heavy atom. The number of nitrogens with one attached hydrogen (secondary N) is 1. The van der Waals surface area contributed by atoms with Crippen molar-refractivity contribution in [1.82, 2.24) is 19.6 Å². The van der Waals surface area contributed by atoms with Crippen molar-refractivity contribution in [3.8, 4) is 0 Å². The van der Waals surface area contributed by atoms with E-state index in [0.29, 0.717) is 10.9 Å². The van der Waals surface area contributed by atoms with Gasteiger partial charge in [0.25, 0.3) is 5.56 Å². The number of nitrogens with zero attached hydrogens (tertiary/aromatic N) is 3. The molecule has 120 valence electrons. The number of halogens is 2. The average molecular weight is 338 g/mol. The van der Waals surface area contributed by atoms with Gasteiger partial charge < -0.3 is 4.74 Å². The molecular weight excluding hydrogens is 326 g/mol. The van der Waals surface area contributed by atoms with Crippen molar-refractivity contribution in [2.45, 2.75) is 17.5 Å². The largest absolute Gasteiger partial charge is 0.378 e. The summed E-state index contributed by atoms with van der Waals surface area (Å²) in [6, 6.07) is 4.68. The molecule has 0 amide bonds. The first kappa shape index (κ1) is 15.6. The summed E-state index contributed by atoms with van der Waals surface area (Å²) in [7, 11) is 1.51.